The maximum absolute atomic E-state index is 10.3. The first-order chi connectivity index (χ1) is 4.18. The molecule has 0 saturated heterocycles. The first-order valence-electron chi connectivity index (χ1n) is 2.60. The summed E-state index contributed by atoms with van der Waals surface area (Å²) in [5.74, 6) is 0.461. The van der Waals surface area contributed by atoms with Crippen LogP contribution >= 0.6 is 23.4 Å². The second-order valence-corrected chi connectivity index (χ2v) is 3.16. The Balaban J connectivity index is 3.27. The normalized spacial score (nSPS) is 13.1. The summed E-state index contributed by atoms with van der Waals surface area (Å²) >= 11 is 7.16. The monoisotopic (exact) mass is 167 g/mol. The predicted molar refractivity (Wildman–Crippen MR) is 41.8 cm³/mol. The number of nitrogens with two attached hydrogens (primary N) is 1. The van der Waals surface area contributed by atoms with Gasteiger partial charge in [0.2, 0.25) is 5.91 Å². The zero-order chi connectivity index (χ0) is 7.28. The van der Waals surface area contributed by atoms with Crippen LogP contribution < -0.4 is 5.73 Å². The minimum absolute atomic E-state index is 0.425. The Labute approximate surface area is 64.1 Å². The topological polar surface area (TPSA) is 43.1 Å². The molecule has 0 aliphatic carbocycles. The van der Waals surface area contributed by atoms with E-state index in [0.717, 1.165) is 5.75 Å². The Bertz CT molecular complexity index is 99.0. The number of halogens is 1. The summed E-state index contributed by atoms with van der Waals surface area (Å²) in [4.78, 5) is 10.3. The standard InChI is InChI=1S/C5H10ClNOS/c1-9-3-2-4(6)5(7)8/h4H,2-3H2,1H3,(H2,7,8). The molecule has 54 valence electrons. The summed E-state index contributed by atoms with van der Waals surface area (Å²) < 4.78 is 0. The van der Waals surface area contributed by atoms with Crippen molar-refractivity contribution >= 4 is 29.3 Å². The van der Waals surface area contributed by atoms with Crippen molar-refractivity contribution in [1.29, 1.82) is 0 Å². The SMILES string of the molecule is CSCCC(Cl)C(N)=O. The van der Waals surface area contributed by atoms with Crippen LogP contribution in [0.2, 0.25) is 0 Å². The van der Waals surface area contributed by atoms with Crippen LogP contribution in [0, 0.1) is 0 Å². The lowest BCUT2D eigenvalue weighted by Crippen LogP contribution is -2.23. The molecule has 2 nitrogen and oxygen atoms in total. The zero-order valence-corrected chi connectivity index (χ0v) is 6.84. The summed E-state index contributed by atoms with van der Waals surface area (Å²) in [7, 11) is 0. The van der Waals surface area contributed by atoms with E-state index in [0.29, 0.717) is 6.42 Å². The molecule has 1 atom stereocenters. The summed E-state index contributed by atoms with van der Waals surface area (Å²) in [5.41, 5.74) is 4.90. The highest BCUT2D eigenvalue weighted by molar-refractivity contribution is 7.98. The molecule has 0 saturated carbocycles. The van der Waals surface area contributed by atoms with Gasteiger partial charge in [-0.3, -0.25) is 4.79 Å². The van der Waals surface area contributed by atoms with Crippen molar-refractivity contribution in [2.75, 3.05) is 12.0 Å². The Morgan fingerprint density at radius 1 is 1.89 bits per heavy atom. The molecule has 0 aromatic rings. The average molecular weight is 168 g/mol. The molecule has 0 aromatic carbocycles. The van der Waals surface area contributed by atoms with Gasteiger partial charge in [-0.15, -0.1) is 11.6 Å². The van der Waals surface area contributed by atoms with Gasteiger partial charge in [0.25, 0.3) is 0 Å². The van der Waals surface area contributed by atoms with Gasteiger partial charge in [-0.2, -0.15) is 11.8 Å². The van der Waals surface area contributed by atoms with E-state index >= 15 is 0 Å². The van der Waals surface area contributed by atoms with Crippen LogP contribution in [0.5, 0.6) is 0 Å². The molecule has 2 N–H and O–H groups in total. The second kappa shape index (κ2) is 4.94. The van der Waals surface area contributed by atoms with Crippen LogP contribution in [0.1, 0.15) is 6.42 Å². The van der Waals surface area contributed by atoms with Gasteiger partial charge in [0.05, 0.1) is 0 Å². The highest BCUT2D eigenvalue weighted by Crippen LogP contribution is 2.05. The lowest BCUT2D eigenvalue weighted by molar-refractivity contribution is -0.117. The molecular formula is C5H10ClNOS. The van der Waals surface area contributed by atoms with Crippen LogP contribution in [0.4, 0.5) is 0 Å². The molecule has 0 aliphatic heterocycles. The number of alkyl halides is 1. The molecule has 0 radical (unpaired) electrons. The van der Waals surface area contributed by atoms with E-state index in [2.05, 4.69) is 0 Å². The Kier molecular flexibility index (Phi) is 5.00. The molecule has 0 spiro atoms. The first-order valence-corrected chi connectivity index (χ1v) is 4.44. The van der Waals surface area contributed by atoms with Gasteiger partial charge in [0, 0.05) is 0 Å². The number of hydrogen-bond donors (Lipinski definition) is 1. The molecule has 0 fully saturated rings. The number of rotatable bonds is 4. The van der Waals surface area contributed by atoms with E-state index < -0.39 is 11.3 Å². The van der Waals surface area contributed by atoms with Crippen molar-refractivity contribution in [3.63, 3.8) is 0 Å². The van der Waals surface area contributed by atoms with Crippen molar-refractivity contribution in [3.8, 4) is 0 Å². The quantitative estimate of drug-likeness (QED) is 0.631. The number of carbonyl (C=O) groups is 1. The van der Waals surface area contributed by atoms with Gasteiger partial charge in [-0.25, -0.2) is 0 Å². The Morgan fingerprint density at radius 2 is 2.44 bits per heavy atom. The van der Waals surface area contributed by atoms with E-state index in [1.165, 1.54) is 0 Å². The lowest BCUT2D eigenvalue weighted by atomic mass is 10.3. The summed E-state index contributed by atoms with van der Waals surface area (Å²) in [5, 5.41) is -0.488. The van der Waals surface area contributed by atoms with Crippen molar-refractivity contribution in [2.24, 2.45) is 5.73 Å². The molecule has 1 unspecified atom stereocenters. The highest BCUT2D eigenvalue weighted by atomic mass is 35.5. The highest BCUT2D eigenvalue weighted by Gasteiger charge is 2.08. The maximum Gasteiger partial charge on any atom is 0.235 e. The van der Waals surface area contributed by atoms with E-state index in [-0.39, 0.29) is 0 Å². The van der Waals surface area contributed by atoms with Crippen molar-refractivity contribution < 1.29 is 4.79 Å². The third-order valence-corrected chi connectivity index (χ3v) is 1.96. The first kappa shape index (κ1) is 9.11. The molecule has 4 heteroatoms. The molecule has 9 heavy (non-hydrogen) atoms. The third-order valence-electron chi connectivity index (χ3n) is 0.884. The number of primary amides is 1. The minimum Gasteiger partial charge on any atom is -0.368 e. The average Bonchev–Trinajstić information content (AvgIpc) is 1.82. The summed E-state index contributed by atoms with van der Waals surface area (Å²) in [6, 6.07) is 0. The molecular weight excluding hydrogens is 158 g/mol. The summed E-state index contributed by atoms with van der Waals surface area (Å²) in [6.45, 7) is 0. The Hall–Kier alpha value is 0.110. The van der Waals surface area contributed by atoms with Crippen LogP contribution in [0.3, 0.4) is 0 Å². The van der Waals surface area contributed by atoms with E-state index in [1.54, 1.807) is 11.8 Å². The Morgan fingerprint density at radius 3 is 2.78 bits per heavy atom. The summed E-state index contributed by atoms with van der Waals surface area (Å²) in [6.07, 6.45) is 2.63. The van der Waals surface area contributed by atoms with Crippen LogP contribution in [0.15, 0.2) is 0 Å². The number of hydrogen-bond acceptors (Lipinski definition) is 2. The van der Waals surface area contributed by atoms with Crippen LogP contribution in [0.25, 0.3) is 0 Å². The van der Waals surface area contributed by atoms with Gasteiger partial charge in [0.15, 0.2) is 0 Å². The maximum atomic E-state index is 10.3. The zero-order valence-electron chi connectivity index (χ0n) is 5.26. The van der Waals surface area contributed by atoms with Gasteiger partial charge in [0.1, 0.15) is 5.38 Å². The molecule has 1 amide bonds. The van der Waals surface area contributed by atoms with E-state index in [1.807, 2.05) is 6.26 Å². The van der Waals surface area contributed by atoms with Crippen molar-refractivity contribution in [2.45, 2.75) is 11.8 Å². The molecule has 0 heterocycles. The van der Waals surface area contributed by atoms with Gasteiger partial charge in [-0.1, -0.05) is 0 Å². The van der Waals surface area contributed by atoms with Crippen LogP contribution in [-0.2, 0) is 4.79 Å². The van der Waals surface area contributed by atoms with E-state index in [9.17, 15) is 4.79 Å². The number of carbonyl (C=O) groups excluding carboxylic acids is 1. The van der Waals surface area contributed by atoms with Crippen molar-refractivity contribution in [1.82, 2.24) is 0 Å². The molecule has 0 aliphatic rings. The fraction of sp³-hybridized carbons (Fsp3) is 0.800. The lowest BCUT2D eigenvalue weighted by Gasteiger charge is -2.00. The van der Waals surface area contributed by atoms with Gasteiger partial charge >= 0.3 is 0 Å². The van der Waals surface area contributed by atoms with E-state index in [4.69, 9.17) is 17.3 Å². The minimum atomic E-state index is -0.488. The van der Waals surface area contributed by atoms with Gasteiger partial charge < -0.3 is 5.73 Å². The third kappa shape index (κ3) is 4.60. The van der Waals surface area contributed by atoms with Crippen molar-refractivity contribution in [3.05, 3.63) is 0 Å². The number of thioether (sulfide) groups is 1. The smallest absolute Gasteiger partial charge is 0.235 e. The number of amides is 1. The van der Waals surface area contributed by atoms with Gasteiger partial charge in [-0.05, 0) is 18.4 Å². The predicted octanol–water partition coefficient (Wildman–Crippen LogP) is 0.832. The molecule has 0 aromatic heterocycles. The fourth-order valence-electron chi connectivity index (χ4n) is 0.364. The molecule has 0 rings (SSSR count). The largest absolute Gasteiger partial charge is 0.368 e. The molecule has 0 bridgehead atoms. The van der Waals surface area contributed by atoms with Crippen LogP contribution in [-0.4, -0.2) is 23.3 Å². The second-order valence-electron chi connectivity index (χ2n) is 1.65. The fourth-order valence-corrected chi connectivity index (χ4v) is 1.07.